The molecule has 0 aromatic heterocycles. The standard InChI is InChI=1S/C20H26ClN3O5S/c1-13-10-18(14(2)9-16(13)21)30(28,29)24-8-6-22-20(27)17(24)11-19(26)23-7-4-3-5-15(23)12-25/h6,8-10,15,17,25H,3-5,7,11-12H2,1-2H3,(H,22,27)/t15-,17-/m1/s1. The first-order valence-electron chi connectivity index (χ1n) is 9.84. The number of piperidine rings is 1. The Labute approximate surface area is 181 Å². The van der Waals surface area contributed by atoms with Crippen molar-refractivity contribution in [3.8, 4) is 0 Å². The molecule has 1 aromatic carbocycles. The predicted molar refractivity (Wildman–Crippen MR) is 112 cm³/mol. The fourth-order valence-corrected chi connectivity index (χ4v) is 5.85. The molecule has 8 nitrogen and oxygen atoms in total. The summed E-state index contributed by atoms with van der Waals surface area (Å²) in [6, 6.07) is 1.51. The number of aliphatic hydroxyl groups is 1. The zero-order valence-corrected chi connectivity index (χ0v) is 18.5. The number of benzene rings is 1. The van der Waals surface area contributed by atoms with Crippen molar-refractivity contribution >= 4 is 33.4 Å². The highest BCUT2D eigenvalue weighted by atomic mass is 35.5. The summed E-state index contributed by atoms with van der Waals surface area (Å²) in [4.78, 5) is 27.1. The third kappa shape index (κ3) is 4.33. The summed E-state index contributed by atoms with van der Waals surface area (Å²) >= 11 is 6.10. The molecule has 2 aliphatic heterocycles. The largest absolute Gasteiger partial charge is 0.394 e. The molecule has 2 N–H and O–H groups in total. The van der Waals surface area contributed by atoms with Crippen molar-refractivity contribution in [2.45, 2.75) is 56.5 Å². The summed E-state index contributed by atoms with van der Waals surface area (Å²) in [5.41, 5.74) is 1.05. The maximum absolute atomic E-state index is 13.4. The van der Waals surface area contributed by atoms with Crippen LogP contribution in [0.1, 0.15) is 36.8 Å². The molecule has 10 heteroatoms. The fourth-order valence-electron chi connectivity index (χ4n) is 3.89. The van der Waals surface area contributed by atoms with Gasteiger partial charge < -0.3 is 15.3 Å². The summed E-state index contributed by atoms with van der Waals surface area (Å²) in [5, 5.41) is 12.5. The number of nitrogens with zero attached hydrogens (tertiary/aromatic N) is 2. The second-order valence-electron chi connectivity index (χ2n) is 7.67. The van der Waals surface area contributed by atoms with Crippen LogP contribution < -0.4 is 5.32 Å². The van der Waals surface area contributed by atoms with Crippen LogP contribution in [0.5, 0.6) is 0 Å². The van der Waals surface area contributed by atoms with Crippen molar-refractivity contribution in [1.82, 2.24) is 14.5 Å². The van der Waals surface area contributed by atoms with E-state index in [1.807, 2.05) is 0 Å². The Morgan fingerprint density at radius 3 is 2.70 bits per heavy atom. The number of nitrogens with one attached hydrogen (secondary N) is 1. The van der Waals surface area contributed by atoms with E-state index in [1.54, 1.807) is 24.8 Å². The van der Waals surface area contributed by atoms with Gasteiger partial charge in [-0.2, -0.15) is 0 Å². The maximum Gasteiger partial charge on any atom is 0.264 e. The van der Waals surface area contributed by atoms with E-state index in [0.29, 0.717) is 29.1 Å². The molecule has 3 rings (SSSR count). The van der Waals surface area contributed by atoms with Crippen LogP contribution in [0.3, 0.4) is 0 Å². The molecule has 2 heterocycles. The number of hydrogen-bond donors (Lipinski definition) is 2. The summed E-state index contributed by atoms with van der Waals surface area (Å²) < 4.78 is 27.7. The first-order chi connectivity index (χ1) is 14.2. The molecular formula is C20H26ClN3O5S. The lowest BCUT2D eigenvalue weighted by Crippen LogP contribution is -2.53. The maximum atomic E-state index is 13.4. The van der Waals surface area contributed by atoms with Gasteiger partial charge in [0.2, 0.25) is 11.8 Å². The zero-order chi connectivity index (χ0) is 22.1. The Morgan fingerprint density at radius 2 is 2.00 bits per heavy atom. The second-order valence-corrected chi connectivity index (χ2v) is 9.88. The molecule has 2 atom stereocenters. The highest BCUT2D eigenvalue weighted by molar-refractivity contribution is 7.89. The number of sulfonamides is 1. The van der Waals surface area contributed by atoms with E-state index < -0.39 is 22.0 Å². The van der Waals surface area contributed by atoms with Crippen molar-refractivity contribution in [3.63, 3.8) is 0 Å². The summed E-state index contributed by atoms with van der Waals surface area (Å²) in [5.74, 6) is -0.927. The van der Waals surface area contributed by atoms with Gasteiger partial charge >= 0.3 is 0 Å². The van der Waals surface area contributed by atoms with E-state index in [4.69, 9.17) is 11.6 Å². The molecule has 164 valence electrons. The Bertz CT molecular complexity index is 979. The van der Waals surface area contributed by atoms with Gasteiger partial charge in [0.05, 0.1) is 24.0 Å². The molecule has 2 amide bonds. The molecule has 1 aromatic rings. The monoisotopic (exact) mass is 455 g/mol. The van der Waals surface area contributed by atoms with Crippen molar-refractivity contribution in [2.24, 2.45) is 0 Å². The van der Waals surface area contributed by atoms with Crippen LogP contribution in [0.4, 0.5) is 0 Å². The molecule has 0 unspecified atom stereocenters. The fraction of sp³-hybridized carbons (Fsp3) is 0.500. The number of amides is 2. The van der Waals surface area contributed by atoms with E-state index in [-0.39, 0.29) is 29.9 Å². The van der Waals surface area contributed by atoms with Gasteiger partial charge in [-0.3, -0.25) is 13.9 Å². The van der Waals surface area contributed by atoms with Gasteiger partial charge in [0.15, 0.2) is 0 Å². The molecule has 2 aliphatic rings. The topological polar surface area (TPSA) is 107 Å². The van der Waals surface area contributed by atoms with Crippen LogP contribution >= 0.6 is 11.6 Å². The van der Waals surface area contributed by atoms with Crippen LogP contribution in [0.15, 0.2) is 29.4 Å². The van der Waals surface area contributed by atoms with Gasteiger partial charge in [0.25, 0.3) is 10.0 Å². The van der Waals surface area contributed by atoms with Gasteiger partial charge in [-0.05, 0) is 56.4 Å². The van der Waals surface area contributed by atoms with Crippen LogP contribution in [-0.2, 0) is 19.6 Å². The first kappa shape index (κ1) is 22.6. The van der Waals surface area contributed by atoms with Crippen molar-refractivity contribution in [1.29, 1.82) is 0 Å². The second kappa shape index (κ2) is 8.95. The molecule has 0 radical (unpaired) electrons. The van der Waals surface area contributed by atoms with Gasteiger partial charge in [0.1, 0.15) is 6.04 Å². The Balaban J connectivity index is 1.92. The van der Waals surface area contributed by atoms with E-state index in [2.05, 4.69) is 5.32 Å². The van der Waals surface area contributed by atoms with Crippen LogP contribution in [0.2, 0.25) is 5.02 Å². The number of likely N-dealkylation sites (tertiary alicyclic amines) is 1. The molecule has 1 fully saturated rings. The minimum absolute atomic E-state index is 0.0346. The van der Waals surface area contributed by atoms with Crippen LogP contribution in [0, 0.1) is 13.8 Å². The average molecular weight is 456 g/mol. The third-order valence-electron chi connectivity index (χ3n) is 5.59. The Kier molecular flexibility index (Phi) is 6.74. The van der Waals surface area contributed by atoms with E-state index >= 15 is 0 Å². The Morgan fingerprint density at radius 1 is 1.27 bits per heavy atom. The SMILES string of the molecule is Cc1cc(S(=O)(=O)N2C=CNC(=O)[C@H]2CC(=O)N2CCCC[C@@H]2CO)c(C)cc1Cl. The highest BCUT2D eigenvalue weighted by Gasteiger charge is 2.39. The van der Waals surface area contributed by atoms with Crippen molar-refractivity contribution in [2.75, 3.05) is 13.2 Å². The molecule has 0 aliphatic carbocycles. The molecule has 0 bridgehead atoms. The van der Waals surface area contributed by atoms with Crippen LogP contribution in [0.25, 0.3) is 0 Å². The van der Waals surface area contributed by atoms with Gasteiger partial charge in [-0.1, -0.05) is 11.6 Å². The molecule has 0 spiro atoms. The van der Waals surface area contributed by atoms with Crippen molar-refractivity contribution < 1.29 is 23.1 Å². The molecular weight excluding hydrogens is 430 g/mol. The Hall–Kier alpha value is -2.10. The quantitative estimate of drug-likeness (QED) is 0.702. The van der Waals surface area contributed by atoms with Crippen LogP contribution in [-0.4, -0.2) is 59.8 Å². The lowest BCUT2D eigenvalue weighted by Gasteiger charge is -2.37. The average Bonchev–Trinajstić information content (AvgIpc) is 2.71. The highest BCUT2D eigenvalue weighted by Crippen LogP contribution is 2.29. The molecule has 1 saturated heterocycles. The van der Waals surface area contributed by atoms with E-state index in [9.17, 15) is 23.1 Å². The molecule has 30 heavy (non-hydrogen) atoms. The minimum atomic E-state index is -4.10. The van der Waals surface area contributed by atoms with Gasteiger partial charge in [0, 0.05) is 24.0 Å². The third-order valence-corrected chi connectivity index (χ3v) is 7.93. The van der Waals surface area contributed by atoms with E-state index in [0.717, 1.165) is 17.1 Å². The lowest BCUT2D eigenvalue weighted by atomic mass is 10.0. The van der Waals surface area contributed by atoms with E-state index in [1.165, 1.54) is 18.5 Å². The van der Waals surface area contributed by atoms with Crippen molar-refractivity contribution in [3.05, 3.63) is 40.7 Å². The predicted octanol–water partition coefficient (Wildman–Crippen LogP) is 1.68. The lowest BCUT2D eigenvalue weighted by molar-refractivity contribution is -0.139. The smallest absolute Gasteiger partial charge is 0.264 e. The number of hydrogen-bond acceptors (Lipinski definition) is 5. The summed E-state index contributed by atoms with van der Waals surface area (Å²) in [6.45, 7) is 3.65. The van der Waals surface area contributed by atoms with Gasteiger partial charge in [-0.15, -0.1) is 0 Å². The molecule has 0 saturated carbocycles. The number of carbonyl (C=O) groups excluding carboxylic acids is 2. The minimum Gasteiger partial charge on any atom is -0.394 e. The normalized spacial score (nSPS) is 22.2. The zero-order valence-electron chi connectivity index (χ0n) is 17.0. The number of aliphatic hydroxyl groups excluding tert-OH is 1. The number of carbonyl (C=O) groups is 2. The number of aryl methyl sites for hydroxylation is 2. The summed E-state index contributed by atoms with van der Waals surface area (Å²) in [6.07, 6.45) is 4.61. The first-order valence-corrected chi connectivity index (χ1v) is 11.7. The number of halogens is 1. The summed E-state index contributed by atoms with van der Waals surface area (Å²) in [7, 11) is -4.10. The number of rotatable bonds is 5. The van der Waals surface area contributed by atoms with Gasteiger partial charge in [-0.25, -0.2) is 8.42 Å².